The van der Waals surface area contributed by atoms with E-state index in [-0.39, 0.29) is 4.90 Å². The average molecular weight is 252 g/mol. The molecule has 0 spiro atoms. The third-order valence-corrected chi connectivity index (χ3v) is 3.31. The first-order valence-electron chi connectivity index (χ1n) is 4.94. The molecule has 0 fully saturated rings. The fourth-order valence-electron chi connectivity index (χ4n) is 0.996. The average Bonchev–Trinajstić information content (AvgIpc) is 2.16. The summed E-state index contributed by atoms with van der Waals surface area (Å²) in [5, 5.41) is 0. The van der Waals surface area contributed by atoms with Crippen LogP contribution >= 0.6 is 0 Å². The predicted octanol–water partition coefficient (Wildman–Crippen LogP) is 1.99. The highest BCUT2D eigenvalue weighted by molar-refractivity contribution is 7.85. The summed E-state index contributed by atoms with van der Waals surface area (Å²) in [6.45, 7) is 1.81. The number of rotatable bonds is 3. The van der Waals surface area contributed by atoms with Crippen molar-refractivity contribution < 1.29 is 18.8 Å². The molecule has 0 aromatic heterocycles. The highest BCUT2D eigenvalue weighted by Crippen LogP contribution is 2.20. The van der Waals surface area contributed by atoms with Crippen molar-refractivity contribution in [3.05, 3.63) is 29.8 Å². The zero-order chi connectivity index (χ0) is 13.3. The zero-order valence-electron chi connectivity index (χ0n) is 9.54. The van der Waals surface area contributed by atoms with Crippen LogP contribution in [0.4, 0.5) is 13.2 Å². The lowest BCUT2D eigenvalue weighted by molar-refractivity contribution is -0.142. The molecule has 16 heavy (non-hydrogen) atoms. The van der Waals surface area contributed by atoms with Crippen LogP contribution in [0.15, 0.2) is 29.2 Å². The molecule has 0 aliphatic carbocycles. The van der Waals surface area contributed by atoms with E-state index < -0.39 is 28.7 Å². The van der Waals surface area contributed by atoms with E-state index in [9.17, 15) is 17.4 Å². The van der Waals surface area contributed by atoms with E-state index >= 15 is 0 Å². The molecule has 0 saturated heterocycles. The van der Waals surface area contributed by atoms with Gasteiger partial charge in [-0.3, -0.25) is 4.21 Å². The molecule has 2 nitrogen and oxygen atoms in total. The van der Waals surface area contributed by atoms with Crippen LogP contribution in [-0.2, 0) is 10.8 Å². The number of benzene rings is 1. The Hall–Kier alpha value is -0.880. The molecule has 0 aliphatic rings. The first-order valence-corrected chi connectivity index (χ1v) is 5.76. The number of halogens is 3. The Labute approximate surface area is 95.5 Å². The molecule has 1 rings (SSSR count). The summed E-state index contributed by atoms with van der Waals surface area (Å²) in [5.41, 5.74) is 5.72. The van der Waals surface area contributed by atoms with E-state index in [0.717, 1.165) is 5.56 Å². The van der Waals surface area contributed by atoms with E-state index in [1.807, 2.05) is 0 Å². The van der Waals surface area contributed by atoms with Gasteiger partial charge in [0.25, 0.3) is 0 Å². The van der Waals surface area contributed by atoms with Gasteiger partial charge in [0.1, 0.15) is 6.02 Å². The Balaban J connectivity index is 2.83. The fourth-order valence-corrected chi connectivity index (χ4v) is 2.05. The lowest BCUT2D eigenvalue weighted by atomic mass is 10.2. The third-order valence-electron chi connectivity index (χ3n) is 1.93. The van der Waals surface area contributed by atoms with Gasteiger partial charge in [-0.05, 0) is 19.1 Å². The molecule has 2 N–H and O–H groups in total. The minimum absolute atomic E-state index is 0.238. The monoisotopic (exact) mass is 252 g/mol. The number of alkyl halides is 3. The normalized spacial score (nSPS) is 18.7. The van der Waals surface area contributed by atoms with Gasteiger partial charge in [-0.25, -0.2) is 0 Å². The van der Waals surface area contributed by atoms with Crippen LogP contribution in [0, 0.1) is 6.92 Å². The van der Waals surface area contributed by atoms with Gasteiger partial charge in [0.2, 0.25) is 0 Å². The van der Waals surface area contributed by atoms with Gasteiger partial charge in [-0.1, -0.05) is 17.7 Å². The van der Waals surface area contributed by atoms with Crippen molar-refractivity contribution in [2.45, 2.75) is 24.0 Å². The second-order valence-electron chi connectivity index (χ2n) is 3.33. The van der Waals surface area contributed by atoms with Crippen molar-refractivity contribution >= 4 is 10.8 Å². The summed E-state index contributed by atoms with van der Waals surface area (Å²) in [4.78, 5) is 0.238. The Morgan fingerprint density at radius 2 is 1.94 bits per heavy atom. The Kier molecular flexibility index (Phi) is 3.60. The molecule has 1 aromatic rings. The van der Waals surface area contributed by atoms with Crippen molar-refractivity contribution in [2.24, 2.45) is 5.73 Å². The molecule has 0 bridgehead atoms. The topological polar surface area (TPSA) is 43.1 Å². The molecule has 0 unspecified atom stereocenters. The number of hydrogen-bond donors (Lipinski definition) is 1. The molecule has 2 atom stereocenters. The van der Waals surface area contributed by atoms with Crippen molar-refractivity contribution in [1.29, 1.82) is 0 Å². The molecule has 0 radical (unpaired) electrons. The highest BCUT2D eigenvalue weighted by atomic mass is 32.2. The van der Waals surface area contributed by atoms with Crippen molar-refractivity contribution in [1.82, 2.24) is 0 Å². The lowest BCUT2D eigenvalue weighted by Gasteiger charge is -2.14. The predicted molar refractivity (Wildman–Crippen MR) is 56.5 cm³/mol. The number of aryl methyl sites for hydroxylation is 1. The quantitative estimate of drug-likeness (QED) is 0.894. The minimum Gasteiger partial charge on any atom is -0.319 e. The fraction of sp³-hybridized carbons (Fsp3) is 0.400. The van der Waals surface area contributed by atoms with Gasteiger partial charge in [0.15, 0.2) is 0 Å². The summed E-state index contributed by atoms with van der Waals surface area (Å²) >= 11 is 0. The van der Waals surface area contributed by atoms with Crippen LogP contribution in [0.5, 0.6) is 0 Å². The van der Waals surface area contributed by atoms with Crippen LogP contribution in [-0.4, -0.2) is 22.2 Å². The summed E-state index contributed by atoms with van der Waals surface area (Å²) in [7, 11) is -1.94. The second-order valence-corrected chi connectivity index (χ2v) is 4.78. The largest absolute Gasteiger partial charge is 0.404 e. The van der Waals surface area contributed by atoms with Crippen molar-refractivity contribution in [3.63, 3.8) is 0 Å². The smallest absolute Gasteiger partial charge is 0.319 e. The molecule has 90 valence electrons. The molecule has 0 amide bonds. The highest BCUT2D eigenvalue weighted by Gasteiger charge is 2.37. The summed E-state index contributed by atoms with van der Waals surface area (Å²) in [6, 6.07) is 3.03. The summed E-state index contributed by atoms with van der Waals surface area (Å²) < 4.78 is 55.6. The maximum atomic E-state index is 12.3. The first kappa shape index (κ1) is 11.6. The number of hydrogen-bond acceptors (Lipinski definition) is 2. The third kappa shape index (κ3) is 3.61. The molecule has 1 aromatic carbocycles. The van der Waals surface area contributed by atoms with Crippen molar-refractivity contribution in [2.75, 3.05) is 5.75 Å². The van der Waals surface area contributed by atoms with Gasteiger partial charge in [0, 0.05) is 4.90 Å². The summed E-state index contributed by atoms with van der Waals surface area (Å²) in [6.07, 6.45) is -4.90. The maximum Gasteiger partial charge on any atom is 0.404 e. The van der Waals surface area contributed by atoms with Crippen LogP contribution in [0.25, 0.3) is 0 Å². The van der Waals surface area contributed by atoms with E-state index in [1.165, 1.54) is 12.1 Å². The molecular formula is C10H12F3NOS. The van der Waals surface area contributed by atoms with Gasteiger partial charge < -0.3 is 5.73 Å². The molecule has 0 aliphatic heterocycles. The Morgan fingerprint density at radius 3 is 2.38 bits per heavy atom. The molecule has 0 saturated carbocycles. The SMILES string of the molecule is [2H][C@@](N)(C[S@@](=O)c1ccc(C)cc1)C(F)(F)F. The van der Waals surface area contributed by atoms with E-state index in [0.29, 0.717) is 0 Å². The van der Waals surface area contributed by atoms with Crippen molar-refractivity contribution in [3.8, 4) is 0 Å². The lowest BCUT2D eigenvalue weighted by Crippen LogP contribution is -2.41. The molecule has 0 heterocycles. The Morgan fingerprint density at radius 1 is 1.44 bits per heavy atom. The molecule has 6 heteroatoms. The van der Waals surface area contributed by atoms with Gasteiger partial charge >= 0.3 is 6.18 Å². The van der Waals surface area contributed by atoms with Gasteiger partial charge in [-0.2, -0.15) is 13.2 Å². The van der Waals surface area contributed by atoms with Crippen LogP contribution < -0.4 is 5.73 Å². The van der Waals surface area contributed by atoms with E-state index in [4.69, 9.17) is 7.10 Å². The minimum atomic E-state index is -4.90. The number of nitrogens with two attached hydrogens (primary N) is 1. The van der Waals surface area contributed by atoms with Crippen LogP contribution in [0.1, 0.15) is 6.93 Å². The van der Waals surface area contributed by atoms with Crippen LogP contribution in [0.3, 0.4) is 0 Å². The van der Waals surface area contributed by atoms with E-state index in [1.54, 1.807) is 19.1 Å². The van der Waals surface area contributed by atoms with Crippen LogP contribution in [0.2, 0.25) is 0 Å². The summed E-state index contributed by atoms with van der Waals surface area (Å²) in [5.74, 6) is -0.973. The van der Waals surface area contributed by atoms with Gasteiger partial charge in [0.05, 0.1) is 17.9 Å². The standard InChI is InChI=1S/C10H12F3NOS/c1-7-2-4-8(5-3-7)16(15)6-9(14)10(11,12)13/h2-5,9H,6,14H2,1H3/t9-,16-/m1/s1/i9D. The van der Waals surface area contributed by atoms with Gasteiger partial charge in [-0.15, -0.1) is 0 Å². The maximum absolute atomic E-state index is 12.3. The second kappa shape index (κ2) is 4.97. The Bertz CT molecular complexity index is 417. The first-order chi connectivity index (χ1) is 7.63. The zero-order valence-corrected chi connectivity index (χ0v) is 9.36. The van der Waals surface area contributed by atoms with E-state index in [2.05, 4.69) is 0 Å². The molecular weight excluding hydrogens is 239 g/mol.